The lowest BCUT2D eigenvalue weighted by Crippen LogP contribution is -2.37. The number of rotatable bonds is 6. The molecule has 2 aromatic carbocycles. The Bertz CT molecular complexity index is 1050. The molecule has 1 atom stereocenters. The molecule has 0 bridgehead atoms. The molecule has 0 N–H and O–H groups in total. The van der Waals surface area contributed by atoms with Crippen molar-refractivity contribution in [2.75, 3.05) is 18.0 Å². The van der Waals surface area contributed by atoms with Crippen LogP contribution in [0, 0.1) is 11.3 Å². The Kier molecular flexibility index (Phi) is 6.54. The number of nitrogens with zero attached hydrogens (tertiary/aromatic N) is 4. The first kappa shape index (κ1) is 20.7. The molecule has 0 saturated carbocycles. The fourth-order valence-corrected chi connectivity index (χ4v) is 4.39. The Balaban J connectivity index is 1.58. The first-order chi connectivity index (χ1) is 14.6. The number of hydrogen-bond acceptors (Lipinski definition) is 4. The second kappa shape index (κ2) is 9.49. The summed E-state index contributed by atoms with van der Waals surface area (Å²) in [5, 5.41) is 10.5. The summed E-state index contributed by atoms with van der Waals surface area (Å²) in [6.45, 7) is 3.53. The lowest BCUT2D eigenvalue weighted by atomic mass is 10.1. The van der Waals surface area contributed by atoms with Crippen LogP contribution in [0.2, 0.25) is 10.0 Å². The summed E-state index contributed by atoms with van der Waals surface area (Å²) in [7, 11) is 0. The van der Waals surface area contributed by atoms with Crippen LogP contribution in [0.1, 0.15) is 23.1 Å². The number of aromatic nitrogens is 1. The van der Waals surface area contributed by atoms with E-state index >= 15 is 0 Å². The number of benzene rings is 2. The van der Waals surface area contributed by atoms with E-state index in [1.807, 2.05) is 42.6 Å². The predicted molar refractivity (Wildman–Crippen MR) is 122 cm³/mol. The van der Waals surface area contributed by atoms with E-state index in [4.69, 9.17) is 23.2 Å². The molecular formula is C24H22Cl2N4. The minimum Gasteiger partial charge on any atom is -0.363 e. The fourth-order valence-electron chi connectivity index (χ4n) is 3.97. The zero-order chi connectivity index (χ0) is 20.9. The van der Waals surface area contributed by atoms with Gasteiger partial charge in [0.25, 0.3) is 0 Å². The highest BCUT2D eigenvalue weighted by Gasteiger charge is 2.29. The Morgan fingerprint density at radius 2 is 1.97 bits per heavy atom. The lowest BCUT2D eigenvalue weighted by molar-refractivity contribution is 0.324. The zero-order valence-electron chi connectivity index (χ0n) is 16.5. The van der Waals surface area contributed by atoms with E-state index in [1.165, 1.54) is 5.56 Å². The van der Waals surface area contributed by atoms with Crippen LogP contribution in [-0.4, -0.2) is 29.0 Å². The molecule has 4 rings (SSSR count). The second-order valence-corrected chi connectivity index (χ2v) is 8.35. The number of likely N-dealkylation sites (tertiary alicyclic amines) is 1. The summed E-state index contributed by atoms with van der Waals surface area (Å²) in [6.07, 6.45) is 4.77. The van der Waals surface area contributed by atoms with Gasteiger partial charge in [-0.3, -0.25) is 9.88 Å². The summed E-state index contributed by atoms with van der Waals surface area (Å²) in [6, 6.07) is 20.1. The minimum atomic E-state index is 0.321. The molecule has 1 aromatic heterocycles. The van der Waals surface area contributed by atoms with Gasteiger partial charge in [0.15, 0.2) is 0 Å². The van der Waals surface area contributed by atoms with Crippen LogP contribution in [0.15, 0.2) is 67.0 Å². The normalized spacial score (nSPS) is 16.4. The third-order valence-corrected chi connectivity index (χ3v) is 6.20. The Hall–Kier alpha value is -2.58. The van der Waals surface area contributed by atoms with Gasteiger partial charge in [0.1, 0.15) is 6.07 Å². The summed E-state index contributed by atoms with van der Waals surface area (Å²) in [4.78, 5) is 9.04. The molecule has 2 heterocycles. The topological polar surface area (TPSA) is 43.2 Å². The maximum Gasteiger partial charge on any atom is 0.101 e. The van der Waals surface area contributed by atoms with Gasteiger partial charge in [-0.05, 0) is 47.9 Å². The average Bonchev–Trinajstić information content (AvgIpc) is 3.22. The van der Waals surface area contributed by atoms with Crippen LogP contribution in [0.5, 0.6) is 0 Å². The van der Waals surface area contributed by atoms with Gasteiger partial charge in [-0.2, -0.15) is 5.26 Å². The van der Waals surface area contributed by atoms with Gasteiger partial charge in [0, 0.05) is 55.3 Å². The maximum absolute atomic E-state index is 9.23. The number of anilines is 1. The van der Waals surface area contributed by atoms with Crippen molar-refractivity contribution in [3.63, 3.8) is 0 Å². The molecule has 4 nitrogen and oxygen atoms in total. The van der Waals surface area contributed by atoms with E-state index in [-0.39, 0.29) is 0 Å². The molecule has 0 amide bonds. The van der Waals surface area contributed by atoms with Crippen molar-refractivity contribution in [1.29, 1.82) is 5.26 Å². The summed E-state index contributed by atoms with van der Waals surface area (Å²) in [5.41, 5.74) is 3.79. The van der Waals surface area contributed by atoms with E-state index < -0.39 is 0 Å². The highest BCUT2D eigenvalue weighted by atomic mass is 35.5. The monoisotopic (exact) mass is 436 g/mol. The quantitative estimate of drug-likeness (QED) is 0.508. The van der Waals surface area contributed by atoms with Crippen LogP contribution < -0.4 is 4.90 Å². The van der Waals surface area contributed by atoms with Crippen LogP contribution in [0.3, 0.4) is 0 Å². The smallest absolute Gasteiger partial charge is 0.101 e. The molecule has 0 radical (unpaired) electrons. The van der Waals surface area contributed by atoms with Gasteiger partial charge in [-0.1, -0.05) is 47.5 Å². The van der Waals surface area contributed by atoms with Gasteiger partial charge in [0.2, 0.25) is 0 Å². The number of pyridine rings is 1. The first-order valence-electron chi connectivity index (χ1n) is 9.95. The van der Waals surface area contributed by atoms with Crippen molar-refractivity contribution < 1.29 is 0 Å². The van der Waals surface area contributed by atoms with Gasteiger partial charge in [0.05, 0.1) is 10.6 Å². The molecule has 0 spiro atoms. The van der Waals surface area contributed by atoms with Crippen molar-refractivity contribution in [3.05, 3.63) is 93.7 Å². The number of hydrogen-bond donors (Lipinski definition) is 0. The summed E-state index contributed by atoms with van der Waals surface area (Å²) >= 11 is 12.8. The Morgan fingerprint density at radius 3 is 2.70 bits per heavy atom. The first-order valence-corrected chi connectivity index (χ1v) is 10.7. The Labute approximate surface area is 187 Å². The van der Waals surface area contributed by atoms with E-state index in [0.717, 1.165) is 42.3 Å². The number of halogens is 2. The molecular weight excluding hydrogens is 415 g/mol. The molecule has 1 aliphatic heterocycles. The van der Waals surface area contributed by atoms with Gasteiger partial charge in [-0.25, -0.2) is 0 Å². The number of nitriles is 1. The zero-order valence-corrected chi connectivity index (χ0v) is 18.0. The SMILES string of the molecule is N#Cc1ccc(N(Cc2ccccc2Cl)[C@H]2CCN(Cc3cccnc3)C2)cc1Cl. The molecule has 1 aliphatic rings. The van der Waals surface area contributed by atoms with Crippen molar-refractivity contribution in [1.82, 2.24) is 9.88 Å². The summed E-state index contributed by atoms with van der Waals surface area (Å²) in [5.74, 6) is 0. The van der Waals surface area contributed by atoms with E-state index in [1.54, 1.807) is 12.3 Å². The summed E-state index contributed by atoms with van der Waals surface area (Å²) < 4.78 is 0. The van der Waals surface area contributed by atoms with E-state index in [2.05, 4.69) is 33.0 Å². The molecule has 6 heteroatoms. The van der Waals surface area contributed by atoms with Gasteiger partial charge in [-0.15, -0.1) is 0 Å². The lowest BCUT2D eigenvalue weighted by Gasteiger charge is -2.32. The van der Waals surface area contributed by atoms with E-state index in [9.17, 15) is 5.26 Å². The van der Waals surface area contributed by atoms with Crippen molar-refractivity contribution >= 4 is 28.9 Å². The standard InChI is InChI=1S/C24H22Cl2N4/c25-23-6-2-1-5-20(23)16-30(21-8-7-19(13-27)24(26)12-21)22-9-11-29(17-22)15-18-4-3-10-28-14-18/h1-8,10,12,14,22H,9,11,15-17H2/t22-/m0/s1. The molecule has 0 aliphatic carbocycles. The minimum absolute atomic E-state index is 0.321. The van der Waals surface area contributed by atoms with Crippen LogP contribution in [-0.2, 0) is 13.1 Å². The molecule has 1 saturated heterocycles. The molecule has 1 fully saturated rings. The van der Waals surface area contributed by atoms with Crippen LogP contribution in [0.4, 0.5) is 5.69 Å². The Morgan fingerprint density at radius 1 is 1.10 bits per heavy atom. The molecule has 152 valence electrons. The fraction of sp³-hybridized carbons (Fsp3) is 0.250. The molecule has 3 aromatic rings. The largest absolute Gasteiger partial charge is 0.363 e. The maximum atomic E-state index is 9.23. The van der Waals surface area contributed by atoms with Crippen molar-refractivity contribution in [2.24, 2.45) is 0 Å². The second-order valence-electron chi connectivity index (χ2n) is 7.53. The molecule has 0 unspecified atom stereocenters. The van der Waals surface area contributed by atoms with Gasteiger partial charge < -0.3 is 4.90 Å². The van der Waals surface area contributed by atoms with Crippen LogP contribution >= 0.6 is 23.2 Å². The van der Waals surface area contributed by atoms with Crippen LogP contribution in [0.25, 0.3) is 0 Å². The highest BCUT2D eigenvalue weighted by Crippen LogP contribution is 2.31. The van der Waals surface area contributed by atoms with E-state index in [0.29, 0.717) is 23.2 Å². The third kappa shape index (κ3) is 4.76. The average molecular weight is 437 g/mol. The van der Waals surface area contributed by atoms with Crippen molar-refractivity contribution in [2.45, 2.75) is 25.6 Å². The predicted octanol–water partition coefficient (Wildman–Crippen LogP) is 5.54. The highest BCUT2D eigenvalue weighted by molar-refractivity contribution is 6.32. The third-order valence-electron chi connectivity index (χ3n) is 5.52. The molecule has 30 heavy (non-hydrogen) atoms. The van der Waals surface area contributed by atoms with Gasteiger partial charge >= 0.3 is 0 Å². The van der Waals surface area contributed by atoms with Crippen molar-refractivity contribution in [3.8, 4) is 6.07 Å².